The number of carbonyl (C=O) groups excluding carboxylic acids is 1. The highest BCUT2D eigenvalue weighted by atomic mass is 79.9. The summed E-state index contributed by atoms with van der Waals surface area (Å²) >= 11 is 9.26. The summed E-state index contributed by atoms with van der Waals surface area (Å²) < 4.78 is 2.61. The lowest BCUT2D eigenvalue weighted by Gasteiger charge is -2.24. The summed E-state index contributed by atoms with van der Waals surface area (Å²) in [6.07, 6.45) is 0.382. The van der Waals surface area contributed by atoms with Crippen molar-refractivity contribution in [2.45, 2.75) is 19.3 Å². The Morgan fingerprint density at radius 2 is 1.96 bits per heavy atom. The second-order valence-electron chi connectivity index (χ2n) is 5.83. The van der Waals surface area contributed by atoms with Crippen LogP contribution >= 0.6 is 27.5 Å². The van der Waals surface area contributed by atoms with Crippen LogP contribution in [0.15, 0.2) is 40.9 Å². The first-order valence-electron chi connectivity index (χ1n) is 7.67. The molecule has 1 aliphatic rings. The van der Waals surface area contributed by atoms with E-state index in [2.05, 4.69) is 36.5 Å². The average Bonchev–Trinajstić information content (AvgIpc) is 2.92. The number of aromatic nitrogens is 4. The highest BCUT2D eigenvalue weighted by Crippen LogP contribution is 2.40. The van der Waals surface area contributed by atoms with Gasteiger partial charge < -0.3 is 5.32 Å². The molecule has 1 aromatic carbocycles. The van der Waals surface area contributed by atoms with Crippen LogP contribution in [0, 0.1) is 6.92 Å². The molecule has 8 heteroatoms. The molecule has 0 saturated carbocycles. The maximum Gasteiger partial charge on any atom is 0.226 e. The Labute approximate surface area is 157 Å². The number of aryl methyl sites for hydroxylation is 1. The minimum atomic E-state index is -0.0523. The maximum absolute atomic E-state index is 12.3. The predicted molar refractivity (Wildman–Crippen MR) is 98.1 cm³/mol. The van der Waals surface area contributed by atoms with Gasteiger partial charge in [-0.1, -0.05) is 39.7 Å². The first kappa shape index (κ1) is 16.2. The van der Waals surface area contributed by atoms with Crippen molar-refractivity contribution in [2.24, 2.45) is 0 Å². The summed E-state index contributed by atoms with van der Waals surface area (Å²) in [6.45, 7) is 1.93. The topological polar surface area (TPSA) is 72.7 Å². The summed E-state index contributed by atoms with van der Waals surface area (Å²) in [5.41, 5.74) is 2.92. The van der Waals surface area contributed by atoms with Crippen molar-refractivity contribution < 1.29 is 4.79 Å². The monoisotopic (exact) mass is 417 g/mol. The number of amides is 1. The fourth-order valence-electron chi connectivity index (χ4n) is 3.11. The summed E-state index contributed by atoms with van der Waals surface area (Å²) in [5.74, 6) is 1.04. The molecule has 6 nitrogen and oxygen atoms in total. The number of nitrogens with zero attached hydrogens (tertiary/aromatic N) is 4. The molecule has 0 saturated heterocycles. The highest BCUT2D eigenvalue weighted by Gasteiger charge is 2.32. The van der Waals surface area contributed by atoms with Crippen molar-refractivity contribution in [1.82, 2.24) is 20.0 Å². The van der Waals surface area contributed by atoms with Gasteiger partial charge in [-0.3, -0.25) is 4.79 Å². The van der Waals surface area contributed by atoms with E-state index in [0.717, 1.165) is 21.3 Å². The fraction of sp³-hybridized carbons (Fsp3) is 0.176. The Bertz CT molecular complexity index is 952. The number of halogens is 2. The van der Waals surface area contributed by atoms with Crippen LogP contribution in [-0.2, 0) is 4.79 Å². The summed E-state index contributed by atoms with van der Waals surface area (Å²) in [7, 11) is 0. The lowest BCUT2D eigenvalue weighted by Crippen LogP contribution is -2.25. The number of carbonyl (C=O) groups is 1. The lowest BCUT2D eigenvalue weighted by atomic mass is 9.86. The second kappa shape index (κ2) is 6.24. The SMILES string of the molecule is Cc1nn(-c2ccc(Cl)nn2)c2c1[C@H](c1ccc(Br)cc1)CC(=O)N2. The summed E-state index contributed by atoms with van der Waals surface area (Å²) in [5, 5.41) is 15.7. The molecule has 25 heavy (non-hydrogen) atoms. The average molecular weight is 419 g/mol. The maximum atomic E-state index is 12.3. The Morgan fingerprint density at radius 3 is 2.64 bits per heavy atom. The van der Waals surface area contributed by atoms with Crippen molar-refractivity contribution in [2.75, 3.05) is 5.32 Å². The second-order valence-corrected chi connectivity index (χ2v) is 7.13. The van der Waals surface area contributed by atoms with E-state index in [-0.39, 0.29) is 11.8 Å². The Kier molecular flexibility index (Phi) is 4.05. The first-order valence-corrected chi connectivity index (χ1v) is 8.84. The van der Waals surface area contributed by atoms with Crippen molar-refractivity contribution in [1.29, 1.82) is 0 Å². The van der Waals surface area contributed by atoms with E-state index in [4.69, 9.17) is 11.6 Å². The fourth-order valence-corrected chi connectivity index (χ4v) is 3.48. The van der Waals surface area contributed by atoms with E-state index in [1.807, 2.05) is 31.2 Å². The van der Waals surface area contributed by atoms with Gasteiger partial charge in [0.2, 0.25) is 5.91 Å². The minimum Gasteiger partial charge on any atom is -0.310 e. The lowest BCUT2D eigenvalue weighted by molar-refractivity contribution is -0.116. The van der Waals surface area contributed by atoms with E-state index in [1.54, 1.807) is 16.8 Å². The highest BCUT2D eigenvalue weighted by molar-refractivity contribution is 9.10. The van der Waals surface area contributed by atoms with E-state index in [1.165, 1.54) is 0 Å². The van der Waals surface area contributed by atoms with Crippen molar-refractivity contribution >= 4 is 39.3 Å². The van der Waals surface area contributed by atoms with Gasteiger partial charge in [0, 0.05) is 22.4 Å². The molecule has 0 aliphatic carbocycles. The molecule has 0 bridgehead atoms. The molecule has 0 fully saturated rings. The Hall–Kier alpha value is -2.25. The Morgan fingerprint density at radius 1 is 1.20 bits per heavy atom. The number of hydrogen-bond donors (Lipinski definition) is 1. The van der Waals surface area contributed by atoms with Crippen molar-refractivity contribution in [3.63, 3.8) is 0 Å². The zero-order chi connectivity index (χ0) is 17.6. The molecular weight excluding hydrogens is 406 g/mol. The van der Waals surface area contributed by atoms with Crippen LogP contribution in [0.4, 0.5) is 5.82 Å². The molecule has 1 N–H and O–H groups in total. The molecule has 1 aliphatic heterocycles. The van der Waals surface area contributed by atoms with Gasteiger partial charge >= 0.3 is 0 Å². The quantitative estimate of drug-likeness (QED) is 0.686. The van der Waals surface area contributed by atoms with Gasteiger partial charge in [0.25, 0.3) is 0 Å². The standard InChI is InChI=1S/C17H13BrClN5O/c1-9-16-12(10-2-4-11(18)5-3-10)8-15(25)20-17(16)24(23-9)14-7-6-13(19)21-22-14/h2-7,12H,8H2,1H3,(H,20,25)/t12-/m0/s1. The van der Waals surface area contributed by atoms with Gasteiger partial charge in [0.15, 0.2) is 11.0 Å². The van der Waals surface area contributed by atoms with Crippen LogP contribution in [0.1, 0.15) is 29.2 Å². The van der Waals surface area contributed by atoms with Crippen LogP contribution in [0.2, 0.25) is 5.15 Å². The minimum absolute atomic E-state index is 0.0501. The Balaban J connectivity index is 1.85. The number of nitrogens with one attached hydrogen (secondary N) is 1. The predicted octanol–water partition coefficient (Wildman–Crippen LogP) is 3.86. The molecule has 4 rings (SSSR count). The third kappa shape index (κ3) is 2.94. The van der Waals surface area contributed by atoms with Crippen LogP contribution in [0.5, 0.6) is 0 Å². The van der Waals surface area contributed by atoms with Crippen molar-refractivity contribution in [3.8, 4) is 5.82 Å². The molecule has 1 amide bonds. The van der Waals surface area contributed by atoms with E-state index in [9.17, 15) is 4.79 Å². The molecular formula is C17H13BrClN5O. The van der Waals surface area contributed by atoms with E-state index < -0.39 is 0 Å². The number of fused-ring (bicyclic) bond motifs is 1. The van der Waals surface area contributed by atoms with Crippen LogP contribution in [0.3, 0.4) is 0 Å². The van der Waals surface area contributed by atoms with Gasteiger partial charge in [0.05, 0.1) is 5.69 Å². The third-order valence-corrected chi connectivity index (χ3v) is 4.94. The number of anilines is 1. The normalized spacial score (nSPS) is 16.4. The summed E-state index contributed by atoms with van der Waals surface area (Å²) in [6, 6.07) is 11.4. The molecule has 3 aromatic rings. The molecule has 2 aromatic heterocycles. The van der Waals surface area contributed by atoms with E-state index in [0.29, 0.717) is 23.2 Å². The zero-order valence-corrected chi connectivity index (χ0v) is 15.5. The largest absolute Gasteiger partial charge is 0.310 e. The van der Waals surface area contributed by atoms with Gasteiger partial charge in [0.1, 0.15) is 5.82 Å². The summed E-state index contributed by atoms with van der Waals surface area (Å²) in [4.78, 5) is 12.3. The number of benzene rings is 1. The van der Waals surface area contributed by atoms with Gasteiger partial charge in [-0.05, 0) is 36.8 Å². The molecule has 3 heterocycles. The zero-order valence-electron chi connectivity index (χ0n) is 13.2. The molecule has 126 valence electrons. The molecule has 0 unspecified atom stereocenters. The van der Waals surface area contributed by atoms with Gasteiger partial charge in [-0.15, -0.1) is 10.2 Å². The van der Waals surface area contributed by atoms with Crippen LogP contribution < -0.4 is 5.32 Å². The van der Waals surface area contributed by atoms with Crippen LogP contribution in [-0.4, -0.2) is 25.9 Å². The van der Waals surface area contributed by atoms with Gasteiger partial charge in [-0.25, -0.2) is 0 Å². The molecule has 1 atom stereocenters. The number of rotatable bonds is 2. The molecule has 0 spiro atoms. The van der Waals surface area contributed by atoms with Crippen molar-refractivity contribution in [3.05, 3.63) is 62.8 Å². The third-order valence-electron chi connectivity index (χ3n) is 4.21. The molecule has 0 radical (unpaired) electrons. The number of hydrogen-bond acceptors (Lipinski definition) is 4. The van der Waals surface area contributed by atoms with Crippen LogP contribution in [0.25, 0.3) is 5.82 Å². The van der Waals surface area contributed by atoms with Gasteiger partial charge in [-0.2, -0.15) is 9.78 Å². The smallest absolute Gasteiger partial charge is 0.226 e. The first-order chi connectivity index (χ1) is 12.0. The van der Waals surface area contributed by atoms with E-state index >= 15 is 0 Å².